The van der Waals surface area contributed by atoms with E-state index in [9.17, 15) is 0 Å². The predicted molar refractivity (Wildman–Crippen MR) is 96.7 cm³/mol. The summed E-state index contributed by atoms with van der Waals surface area (Å²) in [7, 11) is 5.38. The lowest BCUT2D eigenvalue weighted by atomic mass is 10.1. The molecule has 0 atom stereocenters. The first-order chi connectivity index (χ1) is 12.2. The summed E-state index contributed by atoms with van der Waals surface area (Å²) >= 11 is 0. The molecule has 3 aromatic rings. The molecular weight excluding hydrogens is 316 g/mol. The van der Waals surface area contributed by atoms with Crippen molar-refractivity contribution in [2.45, 2.75) is 13.1 Å². The summed E-state index contributed by atoms with van der Waals surface area (Å²) in [4.78, 5) is 2.18. The Kier molecular flexibility index (Phi) is 5.36. The van der Waals surface area contributed by atoms with Crippen molar-refractivity contribution in [3.63, 3.8) is 0 Å². The molecule has 5 heteroatoms. The highest BCUT2D eigenvalue weighted by molar-refractivity contribution is 5.59. The molecule has 0 fully saturated rings. The molecule has 0 bridgehead atoms. The Morgan fingerprint density at radius 2 is 1.48 bits per heavy atom. The predicted octanol–water partition coefficient (Wildman–Crippen LogP) is 3.99. The van der Waals surface area contributed by atoms with E-state index >= 15 is 0 Å². The third-order valence-corrected chi connectivity index (χ3v) is 3.98. The van der Waals surface area contributed by atoms with Gasteiger partial charge in [0.2, 0.25) is 0 Å². The minimum Gasteiger partial charge on any atom is -0.497 e. The number of hydrogen-bond donors (Lipinski definition) is 0. The fourth-order valence-corrected chi connectivity index (χ4v) is 2.65. The molecule has 0 aliphatic rings. The van der Waals surface area contributed by atoms with Gasteiger partial charge in [0.15, 0.2) is 5.76 Å². The Labute approximate surface area is 147 Å². The number of aromatic nitrogens is 1. The molecule has 0 aliphatic heterocycles. The van der Waals surface area contributed by atoms with Gasteiger partial charge in [0, 0.05) is 18.2 Å². The summed E-state index contributed by atoms with van der Waals surface area (Å²) in [6.07, 6.45) is 0. The van der Waals surface area contributed by atoms with Crippen LogP contribution in [0.4, 0.5) is 0 Å². The molecule has 0 saturated carbocycles. The van der Waals surface area contributed by atoms with Crippen molar-refractivity contribution in [3.8, 4) is 22.8 Å². The molecule has 3 rings (SSSR count). The number of rotatable bonds is 7. The zero-order valence-corrected chi connectivity index (χ0v) is 14.7. The van der Waals surface area contributed by atoms with Crippen LogP contribution in [0.5, 0.6) is 11.5 Å². The second-order valence-electron chi connectivity index (χ2n) is 5.93. The van der Waals surface area contributed by atoms with Crippen LogP contribution in [0.25, 0.3) is 11.3 Å². The van der Waals surface area contributed by atoms with Crippen LogP contribution in [0.3, 0.4) is 0 Å². The van der Waals surface area contributed by atoms with Crippen LogP contribution in [0, 0.1) is 0 Å². The summed E-state index contributed by atoms with van der Waals surface area (Å²) in [6.45, 7) is 1.51. The van der Waals surface area contributed by atoms with Crippen LogP contribution >= 0.6 is 0 Å². The molecule has 0 spiro atoms. The molecule has 1 aromatic heterocycles. The van der Waals surface area contributed by atoms with Gasteiger partial charge in [0.1, 0.15) is 17.2 Å². The number of methoxy groups -OCH3 is 2. The fraction of sp³-hybridized carbons (Fsp3) is 0.250. The summed E-state index contributed by atoms with van der Waals surface area (Å²) in [5, 5.41) is 4.17. The van der Waals surface area contributed by atoms with Crippen molar-refractivity contribution in [3.05, 3.63) is 65.9 Å². The van der Waals surface area contributed by atoms with Gasteiger partial charge in [-0.15, -0.1) is 0 Å². The third kappa shape index (κ3) is 4.39. The number of benzene rings is 2. The zero-order valence-electron chi connectivity index (χ0n) is 14.7. The summed E-state index contributed by atoms with van der Waals surface area (Å²) in [5.41, 5.74) is 3.06. The molecule has 5 nitrogen and oxygen atoms in total. The molecule has 0 amide bonds. The largest absolute Gasteiger partial charge is 0.497 e. The molecular formula is C20H22N2O3. The lowest BCUT2D eigenvalue weighted by molar-refractivity contribution is 0.267. The molecule has 0 unspecified atom stereocenters. The molecule has 25 heavy (non-hydrogen) atoms. The van der Waals surface area contributed by atoms with Crippen molar-refractivity contribution in [1.82, 2.24) is 10.1 Å². The van der Waals surface area contributed by atoms with Crippen molar-refractivity contribution in [2.75, 3.05) is 21.3 Å². The Morgan fingerprint density at radius 3 is 2.08 bits per heavy atom. The average Bonchev–Trinajstić information content (AvgIpc) is 3.10. The van der Waals surface area contributed by atoms with Crippen LogP contribution in [0.1, 0.15) is 11.3 Å². The molecule has 0 N–H and O–H groups in total. The van der Waals surface area contributed by atoms with Crippen LogP contribution in [-0.4, -0.2) is 31.3 Å². The van der Waals surface area contributed by atoms with Gasteiger partial charge in [-0.05, 0) is 49.0 Å². The van der Waals surface area contributed by atoms with Gasteiger partial charge >= 0.3 is 0 Å². The van der Waals surface area contributed by atoms with Gasteiger partial charge in [-0.1, -0.05) is 17.3 Å². The van der Waals surface area contributed by atoms with Gasteiger partial charge in [-0.3, -0.25) is 4.90 Å². The lowest BCUT2D eigenvalue weighted by Crippen LogP contribution is -2.16. The monoisotopic (exact) mass is 338 g/mol. The zero-order chi connectivity index (χ0) is 17.6. The molecule has 0 radical (unpaired) electrons. The molecule has 0 saturated heterocycles. The average molecular weight is 338 g/mol. The van der Waals surface area contributed by atoms with Crippen LogP contribution in [0.15, 0.2) is 59.1 Å². The molecule has 130 valence electrons. The Morgan fingerprint density at radius 1 is 0.880 bits per heavy atom. The summed E-state index contributed by atoms with van der Waals surface area (Å²) < 4.78 is 15.8. The normalized spacial score (nSPS) is 10.9. The second kappa shape index (κ2) is 7.85. The summed E-state index contributed by atoms with van der Waals surface area (Å²) in [5.74, 6) is 2.53. The van der Waals surface area contributed by atoms with E-state index in [1.54, 1.807) is 14.2 Å². The van der Waals surface area contributed by atoms with E-state index in [1.807, 2.05) is 42.5 Å². The van der Waals surface area contributed by atoms with Gasteiger partial charge in [0.05, 0.1) is 20.8 Å². The fourth-order valence-electron chi connectivity index (χ4n) is 2.65. The first-order valence-corrected chi connectivity index (χ1v) is 8.09. The maximum atomic E-state index is 5.48. The van der Waals surface area contributed by atoms with Crippen molar-refractivity contribution in [1.29, 1.82) is 0 Å². The van der Waals surface area contributed by atoms with Gasteiger partial charge in [-0.2, -0.15) is 0 Å². The standard InChI is InChI=1S/C20H22N2O3/c1-22(13-15-4-8-17(23-2)9-5-15)14-19-12-20(21-25-19)16-6-10-18(24-3)11-7-16/h4-12H,13-14H2,1-3H3. The van der Waals surface area contributed by atoms with E-state index in [1.165, 1.54) is 5.56 Å². The Hall–Kier alpha value is -2.79. The van der Waals surface area contributed by atoms with Crippen molar-refractivity contribution < 1.29 is 14.0 Å². The Balaban J connectivity index is 1.61. The maximum absolute atomic E-state index is 5.48. The third-order valence-electron chi connectivity index (χ3n) is 3.98. The van der Waals surface area contributed by atoms with E-state index < -0.39 is 0 Å². The molecule has 0 aliphatic carbocycles. The first-order valence-electron chi connectivity index (χ1n) is 8.09. The Bertz CT molecular complexity index is 795. The molecule has 1 heterocycles. The highest BCUT2D eigenvalue weighted by Crippen LogP contribution is 2.23. The maximum Gasteiger partial charge on any atom is 0.151 e. The van der Waals surface area contributed by atoms with Crippen molar-refractivity contribution in [2.24, 2.45) is 0 Å². The first kappa shape index (κ1) is 17.0. The number of ether oxygens (including phenoxy) is 2. The second-order valence-corrected chi connectivity index (χ2v) is 5.93. The minimum atomic E-state index is 0.690. The smallest absolute Gasteiger partial charge is 0.151 e. The van der Waals surface area contributed by atoms with E-state index in [2.05, 4.69) is 29.2 Å². The number of nitrogens with zero attached hydrogens (tertiary/aromatic N) is 2. The minimum absolute atomic E-state index is 0.690. The SMILES string of the molecule is COc1ccc(CN(C)Cc2cc(-c3ccc(OC)cc3)no2)cc1. The number of hydrogen-bond acceptors (Lipinski definition) is 5. The van der Waals surface area contributed by atoms with Crippen molar-refractivity contribution >= 4 is 0 Å². The molecule has 2 aromatic carbocycles. The van der Waals surface area contributed by atoms with Gasteiger partial charge in [0.25, 0.3) is 0 Å². The van der Waals surface area contributed by atoms with Gasteiger partial charge in [-0.25, -0.2) is 0 Å². The van der Waals surface area contributed by atoms with E-state index in [0.29, 0.717) is 6.54 Å². The lowest BCUT2D eigenvalue weighted by Gasteiger charge is -2.14. The van der Waals surface area contributed by atoms with Crippen LogP contribution in [0.2, 0.25) is 0 Å². The topological polar surface area (TPSA) is 47.7 Å². The highest BCUT2D eigenvalue weighted by atomic mass is 16.5. The highest BCUT2D eigenvalue weighted by Gasteiger charge is 2.10. The summed E-state index contributed by atoms with van der Waals surface area (Å²) in [6, 6.07) is 17.8. The quantitative estimate of drug-likeness (QED) is 0.652. The van der Waals surface area contributed by atoms with E-state index in [4.69, 9.17) is 14.0 Å². The van der Waals surface area contributed by atoms with E-state index in [-0.39, 0.29) is 0 Å². The van der Waals surface area contributed by atoms with Gasteiger partial charge < -0.3 is 14.0 Å². The van der Waals surface area contributed by atoms with Crippen LogP contribution in [-0.2, 0) is 13.1 Å². The van der Waals surface area contributed by atoms with Crippen LogP contribution < -0.4 is 9.47 Å². The van der Waals surface area contributed by atoms with E-state index in [0.717, 1.165) is 35.1 Å².